The smallest absolute Gasteiger partial charge is 0.225 e. The van der Waals surface area contributed by atoms with Crippen LogP contribution in [0.5, 0.6) is 11.5 Å². The molecule has 0 spiro atoms. The number of carbonyl (C=O) groups excluding carboxylic acids is 1. The molecule has 5 heteroatoms. The fourth-order valence-corrected chi connectivity index (χ4v) is 1.65. The summed E-state index contributed by atoms with van der Waals surface area (Å²) in [5, 5.41) is 6.11. The average molecular weight is 280 g/mol. The van der Waals surface area contributed by atoms with Gasteiger partial charge in [0.2, 0.25) is 5.91 Å². The first-order chi connectivity index (χ1) is 9.34. The molecule has 0 saturated carbocycles. The lowest BCUT2D eigenvalue weighted by Crippen LogP contribution is -2.37. The average Bonchev–Trinajstić information content (AvgIpc) is 2.36. The van der Waals surface area contributed by atoms with Crippen molar-refractivity contribution in [2.24, 2.45) is 0 Å². The largest absolute Gasteiger partial charge is 0.497 e. The molecule has 1 aromatic rings. The molecular formula is C15H24N2O3. The third kappa shape index (κ3) is 5.93. The Morgan fingerprint density at radius 2 is 1.65 bits per heavy atom. The van der Waals surface area contributed by atoms with E-state index in [1.165, 1.54) is 0 Å². The second-order valence-electron chi connectivity index (χ2n) is 5.58. The Balaban J connectivity index is 2.57. The van der Waals surface area contributed by atoms with Crippen LogP contribution in [0.1, 0.15) is 27.2 Å². The highest BCUT2D eigenvalue weighted by Crippen LogP contribution is 2.25. The van der Waals surface area contributed by atoms with E-state index in [9.17, 15) is 4.79 Å². The number of amides is 1. The molecule has 2 N–H and O–H groups in total. The van der Waals surface area contributed by atoms with Crippen LogP contribution >= 0.6 is 0 Å². The van der Waals surface area contributed by atoms with Crippen molar-refractivity contribution in [1.29, 1.82) is 0 Å². The molecule has 0 aromatic heterocycles. The Morgan fingerprint density at radius 1 is 1.10 bits per heavy atom. The van der Waals surface area contributed by atoms with E-state index in [0.717, 1.165) is 0 Å². The number of nitrogens with one attached hydrogen (secondary N) is 2. The fraction of sp³-hybridized carbons (Fsp3) is 0.533. The Labute approximate surface area is 120 Å². The van der Waals surface area contributed by atoms with Gasteiger partial charge in [-0.3, -0.25) is 4.79 Å². The van der Waals surface area contributed by atoms with Gasteiger partial charge in [0.05, 0.1) is 14.2 Å². The van der Waals surface area contributed by atoms with Crippen LogP contribution in [0.4, 0.5) is 5.69 Å². The fourth-order valence-electron chi connectivity index (χ4n) is 1.65. The summed E-state index contributed by atoms with van der Waals surface area (Å²) in [6.45, 7) is 6.84. The minimum atomic E-state index is -0.0444. The molecule has 112 valence electrons. The maximum absolute atomic E-state index is 11.9. The molecular weight excluding hydrogens is 256 g/mol. The molecule has 0 fully saturated rings. The van der Waals surface area contributed by atoms with Crippen LogP contribution in [0.3, 0.4) is 0 Å². The van der Waals surface area contributed by atoms with Crippen molar-refractivity contribution in [1.82, 2.24) is 5.32 Å². The number of rotatable bonds is 6. The van der Waals surface area contributed by atoms with Gasteiger partial charge in [-0.05, 0) is 20.8 Å². The molecule has 1 rings (SSSR count). The normalized spacial score (nSPS) is 11.1. The molecule has 0 aliphatic carbocycles. The second-order valence-corrected chi connectivity index (χ2v) is 5.58. The summed E-state index contributed by atoms with van der Waals surface area (Å²) in [6.07, 6.45) is 0.413. The van der Waals surface area contributed by atoms with Crippen LogP contribution < -0.4 is 20.1 Å². The van der Waals surface area contributed by atoms with Crippen LogP contribution in [-0.4, -0.2) is 32.2 Å². The van der Waals surface area contributed by atoms with Crippen LogP contribution in [0.25, 0.3) is 0 Å². The van der Waals surface area contributed by atoms with E-state index < -0.39 is 0 Å². The number of ether oxygens (including phenoxy) is 2. The maximum Gasteiger partial charge on any atom is 0.225 e. The third-order valence-corrected chi connectivity index (χ3v) is 2.64. The maximum atomic E-state index is 11.9. The lowest BCUT2D eigenvalue weighted by atomic mass is 10.1. The molecule has 0 bridgehead atoms. The van der Waals surface area contributed by atoms with Crippen LogP contribution in [0.15, 0.2) is 18.2 Å². The van der Waals surface area contributed by atoms with Crippen molar-refractivity contribution in [3.8, 4) is 11.5 Å². The lowest BCUT2D eigenvalue weighted by Gasteiger charge is -2.20. The van der Waals surface area contributed by atoms with Crippen LogP contribution in [-0.2, 0) is 4.79 Å². The Bertz CT molecular complexity index is 431. The minimum absolute atomic E-state index is 0.0134. The summed E-state index contributed by atoms with van der Waals surface area (Å²) >= 11 is 0. The van der Waals surface area contributed by atoms with Gasteiger partial charge in [-0.25, -0.2) is 0 Å². The quantitative estimate of drug-likeness (QED) is 0.840. The molecule has 0 atom stereocenters. The third-order valence-electron chi connectivity index (χ3n) is 2.64. The van der Waals surface area contributed by atoms with Gasteiger partial charge in [0.25, 0.3) is 0 Å². The highest BCUT2D eigenvalue weighted by Gasteiger charge is 2.10. The van der Waals surface area contributed by atoms with Gasteiger partial charge in [-0.1, -0.05) is 0 Å². The highest BCUT2D eigenvalue weighted by atomic mass is 16.5. The predicted octanol–water partition coefficient (Wildman–Crippen LogP) is 2.42. The Hall–Kier alpha value is -1.75. The van der Waals surface area contributed by atoms with E-state index in [-0.39, 0.29) is 11.4 Å². The van der Waals surface area contributed by atoms with Crippen molar-refractivity contribution in [3.05, 3.63) is 18.2 Å². The molecule has 20 heavy (non-hydrogen) atoms. The summed E-state index contributed by atoms with van der Waals surface area (Å²) in [6, 6.07) is 5.28. The zero-order valence-electron chi connectivity index (χ0n) is 12.9. The standard InChI is InChI=1S/C15H24N2O3/c1-15(2,3)16-7-6-14(18)17-11-8-12(19-4)10-13(9-11)20-5/h8-10,16H,6-7H2,1-5H3,(H,17,18). The number of methoxy groups -OCH3 is 2. The first kappa shape index (κ1) is 16.3. The van der Waals surface area contributed by atoms with Gasteiger partial charge < -0.3 is 20.1 Å². The zero-order valence-corrected chi connectivity index (χ0v) is 12.9. The topological polar surface area (TPSA) is 59.6 Å². The van der Waals surface area contributed by atoms with Crippen molar-refractivity contribution in [2.75, 3.05) is 26.1 Å². The van der Waals surface area contributed by atoms with E-state index in [2.05, 4.69) is 31.4 Å². The molecule has 0 heterocycles. The Morgan fingerprint density at radius 3 is 2.10 bits per heavy atom. The monoisotopic (exact) mass is 280 g/mol. The van der Waals surface area contributed by atoms with Crippen LogP contribution in [0.2, 0.25) is 0 Å². The minimum Gasteiger partial charge on any atom is -0.497 e. The molecule has 0 aliphatic heterocycles. The number of hydrogen-bond acceptors (Lipinski definition) is 4. The first-order valence-electron chi connectivity index (χ1n) is 6.62. The molecule has 1 amide bonds. The van der Waals surface area contributed by atoms with Crippen molar-refractivity contribution in [3.63, 3.8) is 0 Å². The SMILES string of the molecule is COc1cc(NC(=O)CCNC(C)(C)C)cc(OC)c1. The van der Waals surface area contributed by atoms with E-state index >= 15 is 0 Å². The van der Waals surface area contributed by atoms with Crippen molar-refractivity contribution >= 4 is 11.6 Å². The van der Waals surface area contributed by atoms with Crippen molar-refractivity contribution < 1.29 is 14.3 Å². The molecule has 0 radical (unpaired) electrons. The van der Waals surface area contributed by atoms with E-state index in [1.54, 1.807) is 32.4 Å². The lowest BCUT2D eigenvalue weighted by molar-refractivity contribution is -0.116. The molecule has 1 aromatic carbocycles. The van der Waals surface area contributed by atoms with E-state index in [0.29, 0.717) is 30.2 Å². The second kappa shape index (κ2) is 7.14. The predicted molar refractivity (Wildman–Crippen MR) is 80.5 cm³/mol. The first-order valence-corrected chi connectivity index (χ1v) is 6.62. The molecule has 0 saturated heterocycles. The molecule has 0 unspecified atom stereocenters. The van der Waals surface area contributed by atoms with Crippen LogP contribution in [0, 0.1) is 0 Å². The van der Waals surface area contributed by atoms with Crippen molar-refractivity contribution in [2.45, 2.75) is 32.7 Å². The van der Waals surface area contributed by atoms with Gasteiger partial charge in [-0.2, -0.15) is 0 Å². The number of anilines is 1. The van der Waals surface area contributed by atoms with Gasteiger partial charge in [0.15, 0.2) is 0 Å². The number of benzene rings is 1. The molecule has 5 nitrogen and oxygen atoms in total. The van der Waals surface area contributed by atoms with E-state index in [1.807, 2.05) is 0 Å². The van der Waals surface area contributed by atoms with Gasteiger partial charge >= 0.3 is 0 Å². The summed E-state index contributed by atoms with van der Waals surface area (Å²) in [4.78, 5) is 11.9. The number of hydrogen-bond donors (Lipinski definition) is 2. The summed E-state index contributed by atoms with van der Waals surface area (Å²) < 4.78 is 10.3. The van der Waals surface area contributed by atoms with Gasteiger partial charge in [-0.15, -0.1) is 0 Å². The number of carbonyl (C=O) groups is 1. The van der Waals surface area contributed by atoms with E-state index in [4.69, 9.17) is 9.47 Å². The van der Waals surface area contributed by atoms with Gasteiger partial charge in [0.1, 0.15) is 11.5 Å². The summed E-state index contributed by atoms with van der Waals surface area (Å²) in [5.41, 5.74) is 0.682. The summed E-state index contributed by atoms with van der Waals surface area (Å²) in [7, 11) is 3.15. The highest BCUT2D eigenvalue weighted by molar-refractivity contribution is 5.91. The zero-order chi connectivity index (χ0) is 15.2. The molecule has 0 aliphatic rings. The Kier molecular flexibility index (Phi) is 5.82. The van der Waals surface area contributed by atoms with Gasteiger partial charge in [0, 0.05) is 42.4 Å². The summed E-state index contributed by atoms with van der Waals surface area (Å²) in [5.74, 6) is 1.25.